The molecule has 3 nitrogen and oxygen atoms in total. The first-order valence-corrected chi connectivity index (χ1v) is 7.40. The number of para-hydroxylation sites is 1. The van der Waals surface area contributed by atoms with Crippen molar-refractivity contribution in [2.75, 3.05) is 11.9 Å². The van der Waals surface area contributed by atoms with Crippen molar-refractivity contribution in [3.05, 3.63) is 28.2 Å². The predicted molar refractivity (Wildman–Crippen MR) is 77.7 cm³/mol. The van der Waals surface area contributed by atoms with Gasteiger partial charge >= 0.3 is 0 Å². The molecule has 1 aliphatic carbocycles. The van der Waals surface area contributed by atoms with Gasteiger partial charge in [-0.2, -0.15) is 0 Å². The quantitative estimate of drug-likeness (QED) is 0.879. The Morgan fingerprint density at radius 3 is 2.74 bits per heavy atom. The van der Waals surface area contributed by atoms with Gasteiger partial charge in [-0.3, -0.25) is 4.79 Å². The third kappa shape index (κ3) is 2.47. The molecule has 19 heavy (non-hydrogen) atoms. The molecule has 5 heteroatoms. The second-order valence-electron chi connectivity index (χ2n) is 5.33. The van der Waals surface area contributed by atoms with Crippen LogP contribution in [-0.2, 0) is 4.79 Å². The van der Waals surface area contributed by atoms with E-state index in [0.29, 0.717) is 27.6 Å². The van der Waals surface area contributed by atoms with Crippen LogP contribution in [0.2, 0.25) is 10.0 Å². The molecule has 1 aliphatic heterocycles. The molecule has 2 fully saturated rings. The van der Waals surface area contributed by atoms with Gasteiger partial charge in [0, 0.05) is 0 Å². The van der Waals surface area contributed by atoms with Crippen LogP contribution in [0.5, 0.6) is 0 Å². The summed E-state index contributed by atoms with van der Waals surface area (Å²) in [6, 6.07) is 5.11. The van der Waals surface area contributed by atoms with Crippen molar-refractivity contribution in [1.29, 1.82) is 0 Å². The number of carbonyl (C=O) groups excluding carboxylic acids is 1. The van der Waals surface area contributed by atoms with Crippen molar-refractivity contribution in [1.82, 2.24) is 5.32 Å². The van der Waals surface area contributed by atoms with Crippen molar-refractivity contribution in [3.8, 4) is 0 Å². The first-order valence-electron chi connectivity index (χ1n) is 6.65. The Morgan fingerprint density at radius 1 is 1.26 bits per heavy atom. The minimum Gasteiger partial charge on any atom is -0.322 e. The number of halogens is 2. The van der Waals surface area contributed by atoms with Gasteiger partial charge in [0.25, 0.3) is 0 Å². The molecule has 0 spiro atoms. The second-order valence-corrected chi connectivity index (χ2v) is 6.14. The van der Waals surface area contributed by atoms with E-state index in [1.165, 1.54) is 12.8 Å². The van der Waals surface area contributed by atoms with Crippen LogP contribution in [-0.4, -0.2) is 18.5 Å². The highest BCUT2D eigenvalue weighted by Crippen LogP contribution is 2.38. The summed E-state index contributed by atoms with van der Waals surface area (Å²) in [6.45, 7) is 0.943. The van der Waals surface area contributed by atoms with Gasteiger partial charge in [0.2, 0.25) is 5.91 Å². The maximum atomic E-state index is 12.4. The number of benzene rings is 1. The fourth-order valence-corrected chi connectivity index (χ4v) is 3.78. The van der Waals surface area contributed by atoms with E-state index < -0.39 is 0 Å². The first-order chi connectivity index (χ1) is 9.16. The van der Waals surface area contributed by atoms with E-state index in [9.17, 15) is 4.79 Å². The summed E-state index contributed by atoms with van der Waals surface area (Å²) in [4.78, 5) is 12.4. The predicted octanol–water partition coefficient (Wildman–Crippen LogP) is 3.32. The zero-order chi connectivity index (χ0) is 13.4. The average molecular weight is 299 g/mol. The Labute approximate surface area is 122 Å². The lowest BCUT2D eigenvalue weighted by atomic mass is 9.93. The van der Waals surface area contributed by atoms with Crippen LogP contribution >= 0.6 is 23.2 Å². The highest BCUT2D eigenvalue weighted by atomic mass is 35.5. The summed E-state index contributed by atoms with van der Waals surface area (Å²) in [7, 11) is 0. The highest BCUT2D eigenvalue weighted by molar-refractivity contribution is 6.39. The topological polar surface area (TPSA) is 41.1 Å². The van der Waals surface area contributed by atoms with Gasteiger partial charge in [-0.25, -0.2) is 0 Å². The molecule has 2 N–H and O–H groups in total. The van der Waals surface area contributed by atoms with Gasteiger partial charge in [0.05, 0.1) is 21.8 Å². The number of carbonyl (C=O) groups is 1. The molecule has 0 radical (unpaired) electrons. The molecule has 2 aliphatic rings. The second kappa shape index (κ2) is 5.31. The van der Waals surface area contributed by atoms with Crippen LogP contribution < -0.4 is 10.6 Å². The molecular weight excluding hydrogens is 283 g/mol. The molecular formula is C14H16Cl2N2O. The van der Waals surface area contributed by atoms with Crippen molar-refractivity contribution in [2.45, 2.75) is 25.3 Å². The van der Waals surface area contributed by atoms with Crippen LogP contribution in [0.3, 0.4) is 0 Å². The van der Waals surface area contributed by atoms with Gasteiger partial charge in [0.15, 0.2) is 0 Å². The highest BCUT2D eigenvalue weighted by Gasteiger charge is 2.42. The van der Waals surface area contributed by atoms with Crippen LogP contribution in [0.1, 0.15) is 19.3 Å². The van der Waals surface area contributed by atoms with Crippen molar-refractivity contribution in [3.63, 3.8) is 0 Å². The third-order valence-corrected chi connectivity index (χ3v) is 4.87. The summed E-state index contributed by atoms with van der Waals surface area (Å²) >= 11 is 12.1. The molecule has 3 unspecified atom stereocenters. The molecule has 1 heterocycles. The standard InChI is InChI=1S/C14H16Cl2N2O/c15-10-5-2-6-11(16)13(10)18-14(19)12-9-4-1-3-8(9)7-17-12/h2,5-6,8-9,12,17H,1,3-4,7H2,(H,18,19). The Morgan fingerprint density at radius 2 is 2.00 bits per heavy atom. The lowest BCUT2D eigenvalue weighted by Crippen LogP contribution is -2.39. The molecule has 0 bridgehead atoms. The zero-order valence-corrected chi connectivity index (χ0v) is 12.0. The molecule has 1 aromatic rings. The van der Waals surface area contributed by atoms with E-state index in [1.807, 2.05) is 0 Å². The summed E-state index contributed by atoms with van der Waals surface area (Å²) in [5.41, 5.74) is 0.513. The molecule has 1 aromatic carbocycles. The van der Waals surface area contributed by atoms with Crippen LogP contribution in [0.15, 0.2) is 18.2 Å². The van der Waals surface area contributed by atoms with Crippen LogP contribution in [0.4, 0.5) is 5.69 Å². The minimum absolute atomic E-state index is 0.0237. The van der Waals surface area contributed by atoms with E-state index >= 15 is 0 Å². The molecule has 0 aromatic heterocycles. The largest absolute Gasteiger partial charge is 0.322 e. The Hall–Kier alpha value is -0.770. The van der Waals surface area contributed by atoms with E-state index in [1.54, 1.807) is 18.2 Å². The SMILES string of the molecule is O=C(Nc1c(Cl)cccc1Cl)C1NCC2CCCC21. The number of hydrogen-bond acceptors (Lipinski definition) is 2. The maximum Gasteiger partial charge on any atom is 0.241 e. The summed E-state index contributed by atoms with van der Waals surface area (Å²) in [6.07, 6.45) is 3.59. The number of rotatable bonds is 2. The van der Waals surface area contributed by atoms with Gasteiger partial charge < -0.3 is 10.6 Å². The fourth-order valence-electron chi connectivity index (χ4n) is 3.29. The normalized spacial score (nSPS) is 29.3. The first kappa shape index (κ1) is 13.2. The number of anilines is 1. The lowest BCUT2D eigenvalue weighted by molar-refractivity contribution is -0.118. The number of amides is 1. The maximum absolute atomic E-state index is 12.4. The number of fused-ring (bicyclic) bond motifs is 1. The summed E-state index contributed by atoms with van der Waals surface area (Å²) in [5.74, 6) is 1.09. The fraction of sp³-hybridized carbons (Fsp3) is 0.500. The molecule has 1 saturated carbocycles. The van der Waals surface area contributed by atoms with Gasteiger partial charge in [-0.05, 0) is 43.4 Å². The monoisotopic (exact) mass is 298 g/mol. The third-order valence-electron chi connectivity index (χ3n) is 4.24. The minimum atomic E-state index is -0.111. The lowest BCUT2D eigenvalue weighted by Gasteiger charge is -2.18. The van der Waals surface area contributed by atoms with Crippen molar-refractivity contribution < 1.29 is 4.79 Å². The Balaban J connectivity index is 1.75. The van der Waals surface area contributed by atoms with E-state index in [4.69, 9.17) is 23.2 Å². The molecule has 1 amide bonds. The number of nitrogens with one attached hydrogen (secondary N) is 2. The van der Waals surface area contributed by atoms with E-state index in [0.717, 1.165) is 13.0 Å². The Bertz CT molecular complexity index is 486. The van der Waals surface area contributed by atoms with Gasteiger partial charge in [0.1, 0.15) is 0 Å². The van der Waals surface area contributed by atoms with E-state index in [-0.39, 0.29) is 11.9 Å². The smallest absolute Gasteiger partial charge is 0.241 e. The van der Waals surface area contributed by atoms with E-state index in [2.05, 4.69) is 10.6 Å². The van der Waals surface area contributed by atoms with Crippen molar-refractivity contribution in [2.24, 2.45) is 11.8 Å². The summed E-state index contributed by atoms with van der Waals surface area (Å²) in [5, 5.41) is 7.13. The number of hydrogen-bond donors (Lipinski definition) is 2. The Kier molecular flexibility index (Phi) is 3.70. The molecule has 1 saturated heterocycles. The van der Waals surface area contributed by atoms with Crippen LogP contribution in [0.25, 0.3) is 0 Å². The van der Waals surface area contributed by atoms with Gasteiger partial charge in [-0.1, -0.05) is 35.7 Å². The summed E-state index contributed by atoms with van der Waals surface area (Å²) < 4.78 is 0. The molecule has 3 rings (SSSR count). The average Bonchev–Trinajstić information content (AvgIpc) is 2.95. The zero-order valence-electron chi connectivity index (χ0n) is 10.5. The molecule has 3 atom stereocenters. The van der Waals surface area contributed by atoms with Crippen LogP contribution in [0, 0.1) is 11.8 Å². The van der Waals surface area contributed by atoms with Gasteiger partial charge in [-0.15, -0.1) is 0 Å². The van der Waals surface area contributed by atoms with Crippen molar-refractivity contribution >= 4 is 34.8 Å². The molecule has 102 valence electrons.